The number of hydrogen-bond acceptors (Lipinski definition) is 4. The fourth-order valence-corrected chi connectivity index (χ4v) is 3.13. The van der Waals surface area contributed by atoms with E-state index < -0.39 is 5.82 Å². The molecule has 0 aliphatic carbocycles. The number of carbonyl (C=O) groups is 2. The van der Waals surface area contributed by atoms with Gasteiger partial charge in [0.15, 0.2) is 5.13 Å². The smallest absolute Gasteiger partial charge is 0.257 e. The summed E-state index contributed by atoms with van der Waals surface area (Å²) in [4.78, 5) is 28.4. The predicted octanol–water partition coefficient (Wildman–Crippen LogP) is 4.55. The highest BCUT2D eigenvalue weighted by atomic mass is 32.1. The number of hydrogen-bond donors (Lipinski definition) is 2. The Kier molecular flexibility index (Phi) is 6.10. The molecule has 2 amide bonds. The Morgan fingerprint density at radius 3 is 2.54 bits per heavy atom. The number of rotatable bonds is 6. The summed E-state index contributed by atoms with van der Waals surface area (Å²) in [6, 6.07) is 9.71. The van der Waals surface area contributed by atoms with Crippen molar-refractivity contribution in [3.8, 4) is 0 Å². The average Bonchev–Trinajstić information content (AvgIpc) is 3.11. The Hall–Kier alpha value is -3.13. The van der Waals surface area contributed by atoms with Gasteiger partial charge in [-0.2, -0.15) is 0 Å². The summed E-state index contributed by atoms with van der Waals surface area (Å²) in [6.07, 6.45) is 0.549. The predicted molar refractivity (Wildman–Crippen MR) is 105 cm³/mol. The lowest BCUT2D eigenvalue weighted by atomic mass is 10.2. The summed E-state index contributed by atoms with van der Waals surface area (Å²) in [7, 11) is 0. The van der Waals surface area contributed by atoms with Crippen molar-refractivity contribution in [1.29, 1.82) is 0 Å². The number of amides is 2. The molecule has 2 aromatic carbocycles. The zero-order chi connectivity index (χ0) is 20.1. The molecule has 0 bridgehead atoms. The van der Waals surface area contributed by atoms with Crippen LogP contribution in [0.1, 0.15) is 28.0 Å². The highest BCUT2D eigenvalue weighted by molar-refractivity contribution is 7.14. The fraction of sp³-hybridized carbons (Fsp3) is 0.150. The van der Waals surface area contributed by atoms with Crippen LogP contribution in [-0.4, -0.2) is 16.8 Å². The minimum atomic E-state index is -0.417. The van der Waals surface area contributed by atoms with Crippen LogP contribution in [0.5, 0.6) is 0 Å². The Labute approximate surface area is 164 Å². The van der Waals surface area contributed by atoms with Crippen LogP contribution >= 0.6 is 11.3 Å². The van der Waals surface area contributed by atoms with Crippen molar-refractivity contribution in [3.63, 3.8) is 0 Å². The van der Waals surface area contributed by atoms with Gasteiger partial charge in [0, 0.05) is 23.1 Å². The Morgan fingerprint density at radius 2 is 1.82 bits per heavy atom. The molecule has 1 aromatic heterocycles. The third kappa shape index (κ3) is 5.20. The summed E-state index contributed by atoms with van der Waals surface area (Å²) < 4.78 is 26.4. The molecule has 0 saturated heterocycles. The molecule has 28 heavy (non-hydrogen) atoms. The molecule has 0 atom stereocenters. The first kappa shape index (κ1) is 19.6. The normalized spacial score (nSPS) is 10.5. The number of nitrogens with zero attached hydrogens (tertiary/aromatic N) is 1. The summed E-state index contributed by atoms with van der Waals surface area (Å²) in [5, 5.41) is 7.43. The molecule has 0 fully saturated rings. The van der Waals surface area contributed by atoms with E-state index in [1.807, 2.05) is 0 Å². The van der Waals surface area contributed by atoms with Gasteiger partial charge in [-0.05, 0) is 55.3 Å². The van der Waals surface area contributed by atoms with Gasteiger partial charge in [0.2, 0.25) is 5.91 Å². The highest BCUT2D eigenvalue weighted by Crippen LogP contribution is 2.18. The maximum Gasteiger partial charge on any atom is 0.257 e. The zero-order valence-corrected chi connectivity index (χ0v) is 15.8. The van der Waals surface area contributed by atoms with Gasteiger partial charge in [-0.15, -0.1) is 11.3 Å². The van der Waals surface area contributed by atoms with Crippen molar-refractivity contribution in [3.05, 3.63) is 76.3 Å². The number of benzene rings is 2. The second-order valence-electron chi connectivity index (χ2n) is 6.12. The van der Waals surface area contributed by atoms with E-state index >= 15 is 0 Å². The third-order valence-corrected chi connectivity index (χ3v) is 4.75. The molecule has 3 aromatic rings. The van der Waals surface area contributed by atoms with E-state index in [9.17, 15) is 18.4 Å². The molecule has 0 spiro atoms. The molecule has 5 nitrogen and oxygen atoms in total. The lowest BCUT2D eigenvalue weighted by Crippen LogP contribution is -2.13. The first-order chi connectivity index (χ1) is 13.4. The summed E-state index contributed by atoms with van der Waals surface area (Å²) >= 11 is 1.24. The van der Waals surface area contributed by atoms with Gasteiger partial charge in [0.1, 0.15) is 11.6 Å². The molecule has 0 saturated carbocycles. The lowest BCUT2D eigenvalue weighted by Gasteiger charge is -2.05. The molecule has 2 N–H and O–H groups in total. The van der Waals surface area contributed by atoms with E-state index in [0.29, 0.717) is 34.1 Å². The number of carbonyl (C=O) groups excluding carboxylic acids is 2. The van der Waals surface area contributed by atoms with E-state index in [1.165, 1.54) is 41.7 Å². The molecule has 3 rings (SSSR count). The van der Waals surface area contributed by atoms with Crippen molar-refractivity contribution in [2.24, 2.45) is 0 Å². The molecular weight excluding hydrogens is 384 g/mol. The van der Waals surface area contributed by atoms with E-state index in [-0.39, 0.29) is 24.1 Å². The SMILES string of the molecule is Cc1ccc(NC(=O)CCc2csc(NC(=O)c3ccc(F)cc3)n2)cc1F. The zero-order valence-electron chi connectivity index (χ0n) is 15.0. The number of aryl methyl sites for hydroxylation is 2. The van der Waals surface area contributed by atoms with Gasteiger partial charge in [-0.25, -0.2) is 13.8 Å². The molecule has 0 radical (unpaired) electrons. The molecule has 0 aliphatic rings. The van der Waals surface area contributed by atoms with Crippen molar-refractivity contribution in [2.45, 2.75) is 19.8 Å². The van der Waals surface area contributed by atoms with Gasteiger partial charge >= 0.3 is 0 Å². The maximum absolute atomic E-state index is 13.5. The van der Waals surface area contributed by atoms with Gasteiger partial charge in [0.25, 0.3) is 5.91 Å². The second kappa shape index (κ2) is 8.71. The fourth-order valence-electron chi connectivity index (χ4n) is 2.39. The third-order valence-electron chi connectivity index (χ3n) is 3.94. The molecule has 0 unspecified atom stereocenters. The van der Waals surface area contributed by atoms with Crippen molar-refractivity contribution < 1.29 is 18.4 Å². The first-order valence-corrected chi connectivity index (χ1v) is 9.36. The highest BCUT2D eigenvalue weighted by Gasteiger charge is 2.11. The van der Waals surface area contributed by atoms with Crippen LogP contribution in [0.3, 0.4) is 0 Å². The monoisotopic (exact) mass is 401 g/mol. The summed E-state index contributed by atoms with van der Waals surface area (Å²) in [5.41, 5.74) is 1.89. The van der Waals surface area contributed by atoms with E-state index in [2.05, 4.69) is 15.6 Å². The minimum absolute atomic E-state index is 0.171. The average molecular weight is 401 g/mol. The second-order valence-corrected chi connectivity index (χ2v) is 6.98. The number of anilines is 2. The van der Waals surface area contributed by atoms with Gasteiger partial charge < -0.3 is 5.32 Å². The van der Waals surface area contributed by atoms with Crippen molar-refractivity contribution in [2.75, 3.05) is 10.6 Å². The Balaban J connectivity index is 1.51. The number of halogens is 2. The Bertz CT molecular complexity index is 1000. The summed E-state index contributed by atoms with van der Waals surface area (Å²) in [6.45, 7) is 1.65. The molecule has 0 aliphatic heterocycles. The first-order valence-electron chi connectivity index (χ1n) is 8.48. The van der Waals surface area contributed by atoms with Crippen LogP contribution in [0.2, 0.25) is 0 Å². The molecule has 1 heterocycles. The quantitative estimate of drug-likeness (QED) is 0.636. The number of nitrogens with one attached hydrogen (secondary N) is 2. The van der Waals surface area contributed by atoms with Crippen molar-refractivity contribution in [1.82, 2.24) is 4.98 Å². The standard InChI is InChI=1S/C20H17F2N3O2S/c1-12-2-7-15(10-17(12)22)23-18(26)9-8-16-11-28-20(24-16)25-19(27)13-3-5-14(21)6-4-13/h2-7,10-11H,8-9H2,1H3,(H,23,26)(H,24,25,27). The van der Waals surface area contributed by atoms with E-state index in [0.717, 1.165) is 0 Å². The van der Waals surface area contributed by atoms with E-state index in [4.69, 9.17) is 0 Å². The largest absolute Gasteiger partial charge is 0.326 e. The van der Waals surface area contributed by atoms with Crippen LogP contribution in [0, 0.1) is 18.6 Å². The lowest BCUT2D eigenvalue weighted by molar-refractivity contribution is -0.116. The van der Waals surface area contributed by atoms with E-state index in [1.54, 1.807) is 24.4 Å². The van der Waals surface area contributed by atoms with Crippen LogP contribution in [0.4, 0.5) is 19.6 Å². The Morgan fingerprint density at radius 1 is 1.07 bits per heavy atom. The molecule has 8 heteroatoms. The molecular formula is C20H17F2N3O2S. The topological polar surface area (TPSA) is 71.1 Å². The van der Waals surface area contributed by atoms with Crippen LogP contribution in [0.15, 0.2) is 47.8 Å². The van der Waals surface area contributed by atoms with Gasteiger partial charge in [-0.3, -0.25) is 14.9 Å². The molecule has 144 valence electrons. The number of aromatic nitrogens is 1. The van der Waals surface area contributed by atoms with Crippen LogP contribution < -0.4 is 10.6 Å². The number of thiazole rings is 1. The van der Waals surface area contributed by atoms with Gasteiger partial charge in [-0.1, -0.05) is 6.07 Å². The van der Waals surface area contributed by atoms with Gasteiger partial charge in [0.05, 0.1) is 5.69 Å². The van der Waals surface area contributed by atoms with Crippen LogP contribution in [0.25, 0.3) is 0 Å². The minimum Gasteiger partial charge on any atom is -0.326 e. The van der Waals surface area contributed by atoms with Crippen LogP contribution in [-0.2, 0) is 11.2 Å². The van der Waals surface area contributed by atoms with Crippen molar-refractivity contribution >= 4 is 34.0 Å². The summed E-state index contributed by atoms with van der Waals surface area (Å²) in [5.74, 6) is -1.44. The maximum atomic E-state index is 13.5.